The van der Waals surface area contributed by atoms with Crippen LogP contribution in [0.4, 0.5) is 0 Å². The molecular weight excluding hydrogens is 252 g/mol. The average Bonchev–Trinajstić information content (AvgIpc) is 2.41. The van der Waals surface area contributed by atoms with E-state index in [1.165, 1.54) is 7.05 Å². The number of ether oxygens (including phenoxy) is 1. The van der Waals surface area contributed by atoms with E-state index in [9.17, 15) is 8.42 Å². The molecule has 108 valence electrons. The van der Waals surface area contributed by atoms with Crippen LogP contribution in [0.15, 0.2) is 0 Å². The minimum Gasteiger partial charge on any atom is -0.368 e. The van der Waals surface area contributed by atoms with Crippen molar-refractivity contribution >= 4 is 10.0 Å². The Morgan fingerprint density at radius 1 is 1.28 bits per heavy atom. The molecule has 1 rings (SSSR count). The highest BCUT2D eigenvalue weighted by molar-refractivity contribution is 7.89. The molecule has 0 saturated carbocycles. The van der Waals surface area contributed by atoms with Gasteiger partial charge in [0.25, 0.3) is 0 Å². The molecular formula is C12H26N2O3S. The Kier molecular flexibility index (Phi) is 4.81. The van der Waals surface area contributed by atoms with Crippen LogP contribution in [0.3, 0.4) is 0 Å². The van der Waals surface area contributed by atoms with Gasteiger partial charge in [0.15, 0.2) is 0 Å². The third kappa shape index (κ3) is 4.50. The van der Waals surface area contributed by atoms with Crippen molar-refractivity contribution in [3.05, 3.63) is 0 Å². The molecule has 2 N–H and O–H groups in total. The molecule has 18 heavy (non-hydrogen) atoms. The molecule has 0 aromatic carbocycles. The normalized spacial score (nSPS) is 26.4. The Bertz CT molecular complexity index is 377. The molecule has 0 aromatic rings. The SMILES string of the molecule is CNS(=O)(=O)CCCN[C@H]1CC(C)(C)OC1(C)C. The second-order valence-corrected chi connectivity index (χ2v) is 8.10. The highest BCUT2D eigenvalue weighted by Gasteiger charge is 2.45. The first-order chi connectivity index (χ1) is 8.08. The van der Waals surface area contributed by atoms with Crippen LogP contribution >= 0.6 is 0 Å². The van der Waals surface area contributed by atoms with Gasteiger partial charge in [-0.25, -0.2) is 13.1 Å². The van der Waals surface area contributed by atoms with Crippen LogP contribution in [0.25, 0.3) is 0 Å². The van der Waals surface area contributed by atoms with E-state index in [2.05, 4.69) is 37.7 Å². The van der Waals surface area contributed by atoms with E-state index in [1.807, 2.05) is 0 Å². The van der Waals surface area contributed by atoms with Crippen molar-refractivity contribution in [1.29, 1.82) is 0 Å². The van der Waals surface area contributed by atoms with Crippen molar-refractivity contribution in [1.82, 2.24) is 10.0 Å². The molecule has 1 fully saturated rings. The smallest absolute Gasteiger partial charge is 0.211 e. The molecule has 0 unspecified atom stereocenters. The summed E-state index contributed by atoms with van der Waals surface area (Å²) in [5.74, 6) is 0.161. The Hall–Kier alpha value is -0.170. The van der Waals surface area contributed by atoms with E-state index in [4.69, 9.17) is 4.74 Å². The first-order valence-corrected chi connectivity index (χ1v) is 8.08. The van der Waals surface area contributed by atoms with E-state index in [0.717, 1.165) is 6.42 Å². The van der Waals surface area contributed by atoms with Gasteiger partial charge < -0.3 is 10.1 Å². The number of sulfonamides is 1. The molecule has 1 aliphatic rings. The quantitative estimate of drug-likeness (QED) is 0.707. The molecule has 0 aliphatic carbocycles. The standard InChI is InChI=1S/C12H26N2O3S/c1-11(2)9-10(12(3,4)17-11)14-7-6-8-18(15,16)13-5/h10,13-14H,6-9H2,1-5H3/t10-/m0/s1. The minimum absolute atomic E-state index is 0.113. The maximum Gasteiger partial charge on any atom is 0.211 e. The van der Waals surface area contributed by atoms with Crippen LogP contribution in [-0.4, -0.2) is 45.0 Å². The molecule has 0 bridgehead atoms. The van der Waals surface area contributed by atoms with Gasteiger partial charge in [-0.15, -0.1) is 0 Å². The molecule has 0 radical (unpaired) electrons. The number of nitrogens with one attached hydrogen (secondary N) is 2. The second-order valence-electron chi connectivity index (χ2n) is 6.05. The minimum atomic E-state index is -3.09. The third-order valence-electron chi connectivity index (χ3n) is 3.37. The molecule has 1 aliphatic heterocycles. The topological polar surface area (TPSA) is 67.4 Å². The van der Waals surface area contributed by atoms with Gasteiger partial charge in [0.2, 0.25) is 10.0 Å². The summed E-state index contributed by atoms with van der Waals surface area (Å²) in [5, 5.41) is 3.41. The van der Waals surface area contributed by atoms with Crippen molar-refractivity contribution in [3.8, 4) is 0 Å². The summed E-state index contributed by atoms with van der Waals surface area (Å²) < 4.78 is 30.8. The van der Waals surface area contributed by atoms with E-state index >= 15 is 0 Å². The van der Waals surface area contributed by atoms with Crippen molar-refractivity contribution in [2.24, 2.45) is 0 Å². The van der Waals surface area contributed by atoms with Crippen LogP contribution in [0, 0.1) is 0 Å². The fourth-order valence-electron chi connectivity index (χ4n) is 2.52. The van der Waals surface area contributed by atoms with Crippen LogP contribution in [0.1, 0.15) is 40.5 Å². The van der Waals surface area contributed by atoms with Gasteiger partial charge in [-0.3, -0.25) is 0 Å². The third-order valence-corrected chi connectivity index (χ3v) is 4.81. The molecule has 0 amide bonds. The van der Waals surface area contributed by atoms with Crippen molar-refractivity contribution in [2.45, 2.75) is 57.8 Å². The summed E-state index contributed by atoms with van der Waals surface area (Å²) in [5.41, 5.74) is -0.316. The highest BCUT2D eigenvalue weighted by atomic mass is 32.2. The molecule has 1 saturated heterocycles. The summed E-state index contributed by atoms with van der Waals surface area (Å²) in [6.45, 7) is 9.01. The zero-order chi connectivity index (χ0) is 14.0. The Morgan fingerprint density at radius 2 is 1.89 bits per heavy atom. The molecule has 1 atom stereocenters. The lowest BCUT2D eigenvalue weighted by atomic mass is 9.94. The average molecular weight is 278 g/mol. The van der Waals surface area contributed by atoms with E-state index < -0.39 is 10.0 Å². The zero-order valence-electron chi connectivity index (χ0n) is 12.0. The van der Waals surface area contributed by atoms with Crippen molar-refractivity contribution < 1.29 is 13.2 Å². The number of rotatable bonds is 6. The van der Waals surface area contributed by atoms with E-state index in [0.29, 0.717) is 13.0 Å². The lowest BCUT2D eigenvalue weighted by molar-refractivity contribution is -0.0697. The number of hydrogen-bond acceptors (Lipinski definition) is 4. The molecule has 1 heterocycles. The predicted octanol–water partition coefficient (Wildman–Crippen LogP) is 0.861. The zero-order valence-corrected chi connectivity index (χ0v) is 12.9. The van der Waals surface area contributed by atoms with Crippen LogP contribution < -0.4 is 10.0 Å². The maximum absolute atomic E-state index is 11.3. The Balaban J connectivity index is 2.37. The van der Waals surface area contributed by atoms with Gasteiger partial charge in [-0.1, -0.05) is 0 Å². The summed E-state index contributed by atoms with van der Waals surface area (Å²) in [7, 11) is -1.64. The lowest BCUT2D eigenvalue weighted by Crippen LogP contribution is -2.44. The van der Waals surface area contributed by atoms with Gasteiger partial charge in [0, 0.05) is 6.04 Å². The fraction of sp³-hybridized carbons (Fsp3) is 1.00. The molecule has 0 spiro atoms. The Morgan fingerprint density at radius 3 is 2.33 bits per heavy atom. The molecule has 5 nitrogen and oxygen atoms in total. The summed E-state index contributed by atoms with van der Waals surface area (Å²) >= 11 is 0. The van der Waals surface area contributed by atoms with Gasteiger partial charge in [0.05, 0.1) is 17.0 Å². The summed E-state index contributed by atoms with van der Waals surface area (Å²) in [6, 6.07) is 0.268. The lowest BCUT2D eigenvalue weighted by Gasteiger charge is -2.27. The maximum atomic E-state index is 11.3. The van der Waals surface area contributed by atoms with Crippen LogP contribution in [0.5, 0.6) is 0 Å². The van der Waals surface area contributed by atoms with Gasteiger partial charge >= 0.3 is 0 Å². The first kappa shape index (κ1) is 15.9. The second kappa shape index (κ2) is 5.45. The highest BCUT2D eigenvalue weighted by Crippen LogP contribution is 2.37. The number of hydrogen-bond donors (Lipinski definition) is 2. The van der Waals surface area contributed by atoms with Crippen LogP contribution in [-0.2, 0) is 14.8 Å². The van der Waals surface area contributed by atoms with E-state index in [1.54, 1.807) is 0 Å². The Labute approximate surface area is 111 Å². The van der Waals surface area contributed by atoms with Crippen LogP contribution in [0.2, 0.25) is 0 Å². The fourth-order valence-corrected chi connectivity index (χ4v) is 3.25. The summed E-state index contributed by atoms with van der Waals surface area (Å²) in [6.07, 6.45) is 1.55. The van der Waals surface area contributed by atoms with Gasteiger partial charge in [-0.2, -0.15) is 0 Å². The van der Waals surface area contributed by atoms with Gasteiger partial charge in [-0.05, 0) is 54.1 Å². The monoisotopic (exact) mass is 278 g/mol. The van der Waals surface area contributed by atoms with Gasteiger partial charge in [0.1, 0.15) is 0 Å². The van der Waals surface area contributed by atoms with Crippen molar-refractivity contribution in [3.63, 3.8) is 0 Å². The summed E-state index contributed by atoms with van der Waals surface area (Å²) in [4.78, 5) is 0. The van der Waals surface area contributed by atoms with E-state index in [-0.39, 0.29) is 23.0 Å². The molecule has 6 heteroatoms. The predicted molar refractivity (Wildman–Crippen MR) is 73.1 cm³/mol. The molecule has 0 aromatic heterocycles. The largest absolute Gasteiger partial charge is 0.368 e. The first-order valence-electron chi connectivity index (χ1n) is 6.43. The van der Waals surface area contributed by atoms with Crippen molar-refractivity contribution in [2.75, 3.05) is 19.3 Å².